The van der Waals surface area contributed by atoms with Crippen molar-refractivity contribution in [3.63, 3.8) is 0 Å². The van der Waals surface area contributed by atoms with E-state index in [4.69, 9.17) is 0 Å². The fraction of sp³-hybridized carbons (Fsp3) is 0.368. The predicted octanol–water partition coefficient (Wildman–Crippen LogP) is 2.97. The number of carbonyl (C=O) groups is 1. The first-order chi connectivity index (χ1) is 13.1. The number of carbonyl (C=O) groups excluding carboxylic acids is 1. The SMILES string of the molecule is Cn1cnc(-c2ccc(NC(=O)N3CCCCC3c3ccnn3C)cc2)n1. The number of nitrogens with zero attached hydrogens (tertiary/aromatic N) is 6. The van der Waals surface area contributed by atoms with Crippen molar-refractivity contribution < 1.29 is 4.79 Å². The van der Waals surface area contributed by atoms with Crippen LogP contribution in [0.3, 0.4) is 0 Å². The molecule has 3 heterocycles. The van der Waals surface area contributed by atoms with Gasteiger partial charge in [-0.1, -0.05) is 0 Å². The van der Waals surface area contributed by atoms with Crippen LogP contribution in [0.25, 0.3) is 11.4 Å². The highest BCUT2D eigenvalue weighted by Gasteiger charge is 2.29. The molecule has 1 aliphatic rings. The second-order valence-electron chi connectivity index (χ2n) is 6.83. The molecule has 4 rings (SSSR count). The molecule has 1 N–H and O–H groups in total. The zero-order valence-corrected chi connectivity index (χ0v) is 15.5. The van der Waals surface area contributed by atoms with E-state index < -0.39 is 0 Å². The van der Waals surface area contributed by atoms with E-state index >= 15 is 0 Å². The lowest BCUT2D eigenvalue weighted by atomic mass is 9.99. The van der Waals surface area contributed by atoms with Crippen molar-refractivity contribution in [1.29, 1.82) is 0 Å². The standard InChI is InChI=1S/C19H23N7O/c1-24-13-20-18(23-24)14-6-8-15(9-7-14)22-19(27)26-12-4-3-5-17(26)16-10-11-21-25(16)2/h6-11,13,17H,3-5,12H2,1-2H3,(H,22,27). The Morgan fingerprint density at radius 3 is 2.63 bits per heavy atom. The Hall–Kier alpha value is -3.16. The summed E-state index contributed by atoms with van der Waals surface area (Å²) >= 11 is 0. The molecule has 0 aliphatic carbocycles. The van der Waals surface area contributed by atoms with Crippen LogP contribution in [0.2, 0.25) is 0 Å². The molecule has 2 aromatic heterocycles. The minimum atomic E-state index is -0.0791. The quantitative estimate of drug-likeness (QED) is 0.774. The summed E-state index contributed by atoms with van der Waals surface area (Å²) < 4.78 is 3.52. The third kappa shape index (κ3) is 3.55. The fourth-order valence-electron chi connectivity index (χ4n) is 3.56. The number of likely N-dealkylation sites (tertiary alicyclic amines) is 1. The molecule has 8 heteroatoms. The van der Waals surface area contributed by atoms with Crippen LogP contribution in [-0.4, -0.2) is 42.0 Å². The Kier molecular flexibility index (Phi) is 4.62. The van der Waals surface area contributed by atoms with E-state index in [0.717, 1.165) is 42.8 Å². The number of nitrogens with one attached hydrogen (secondary N) is 1. The van der Waals surface area contributed by atoms with Gasteiger partial charge in [-0.2, -0.15) is 10.2 Å². The lowest BCUT2D eigenvalue weighted by molar-refractivity contribution is 0.159. The fourth-order valence-corrected chi connectivity index (χ4v) is 3.56. The van der Waals surface area contributed by atoms with Gasteiger partial charge in [0.25, 0.3) is 0 Å². The molecule has 1 fully saturated rings. The molecule has 0 spiro atoms. The Labute approximate surface area is 157 Å². The number of hydrogen-bond donors (Lipinski definition) is 1. The monoisotopic (exact) mass is 365 g/mol. The highest BCUT2D eigenvalue weighted by Crippen LogP contribution is 2.31. The molecule has 0 radical (unpaired) electrons. The Morgan fingerprint density at radius 1 is 1.15 bits per heavy atom. The Bertz CT molecular complexity index is 928. The van der Waals surface area contributed by atoms with E-state index in [1.807, 2.05) is 54.0 Å². The van der Waals surface area contributed by atoms with Gasteiger partial charge in [-0.15, -0.1) is 0 Å². The third-order valence-corrected chi connectivity index (χ3v) is 4.96. The molecular weight excluding hydrogens is 342 g/mol. The van der Waals surface area contributed by atoms with Gasteiger partial charge < -0.3 is 10.2 Å². The first-order valence-electron chi connectivity index (χ1n) is 9.13. The van der Waals surface area contributed by atoms with Gasteiger partial charge in [-0.25, -0.2) is 9.78 Å². The molecule has 1 aliphatic heterocycles. The highest BCUT2D eigenvalue weighted by molar-refractivity contribution is 5.90. The van der Waals surface area contributed by atoms with E-state index in [1.165, 1.54) is 0 Å². The van der Waals surface area contributed by atoms with E-state index in [0.29, 0.717) is 5.82 Å². The summed E-state index contributed by atoms with van der Waals surface area (Å²) in [5.41, 5.74) is 2.75. The van der Waals surface area contributed by atoms with Crippen molar-refractivity contribution in [2.45, 2.75) is 25.3 Å². The second kappa shape index (κ2) is 7.22. The number of anilines is 1. The summed E-state index contributed by atoms with van der Waals surface area (Å²) in [6.45, 7) is 0.748. The Morgan fingerprint density at radius 2 is 1.96 bits per heavy atom. The molecule has 27 heavy (non-hydrogen) atoms. The predicted molar refractivity (Wildman–Crippen MR) is 102 cm³/mol. The van der Waals surface area contributed by atoms with Gasteiger partial charge in [0.15, 0.2) is 5.82 Å². The van der Waals surface area contributed by atoms with Crippen molar-refractivity contribution in [2.24, 2.45) is 14.1 Å². The van der Waals surface area contributed by atoms with Crippen LogP contribution in [0.5, 0.6) is 0 Å². The molecule has 0 bridgehead atoms. The van der Waals surface area contributed by atoms with Gasteiger partial charge >= 0.3 is 6.03 Å². The molecule has 3 aromatic rings. The van der Waals surface area contributed by atoms with E-state index in [-0.39, 0.29) is 12.1 Å². The zero-order valence-electron chi connectivity index (χ0n) is 15.5. The summed E-state index contributed by atoms with van der Waals surface area (Å²) in [5, 5.41) is 11.6. The van der Waals surface area contributed by atoms with E-state index in [1.54, 1.807) is 17.2 Å². The van der Waals surface area contributed by atoms with Crippen molar-refractivity contribution in [3.8, 4) is 11.4 Å². The van der Waals surface area contributed by atoms with E-state index in [9.17, 15) is 4.79 Å². The number of piperidine rings is 1. The molecule has 1 atom stereocenters. The molecule has 1 aromatic carbocycles. The summed E-state index contributed by atoms with van der Waals surface area (Å²) in [5.74, 6) is 0.669. The van der Waals surface area contributed by atoms with Crippen LogP contribution in [0.4, 0.5) is 10.5 Å². The number of aromatic nitrogens is 5. The van der Waals surface area contributed by atoms with Crippen LogP contribution in [0.1, 0.15) is 31.0 Å². The topological polar surface area (TPSA) is 80.9 Å². The van der Waals surface area contributed by atoms with Crippen molar-refractivity contribution >= 4 is 11.7 Å². The van der Waals surface area contributed by atoms with Gasteiger partial charge in [0.05, 0.1) is 11.7 Å². The largest absolute Gasteiger partial charge is 0.322 e. The lowest BCUT2D eigenvalue weighted by Gasteiger charge is -2.35. The minimum absolute atomic E-state index is 0.0586. The average molecular weight is 365 g/mol. The molecule has 8 nitrogen and oxygen atoms in total. The molecule has 0 saturated carbocycles. The summed E-state index contributed by atoms with van der Waals surface area (Å²) in [6, 6.07) is 9.57. The summed E-state index contributed by atoms with van der Waals surface area (Å²) in [4.78, 5) is 19.1. The lowest BCUT2D eigenvalue weighted by Crippen LogP contribution is -2.41. The summed E-state index contributed by atoms with van der Waals surface area (Å²) in [6.07, 6.45) is 6.54. The van der Waals surface area contributed by atoms with Crippen LogP contribution in [-0.2, 0) is 14.1 Å². The minimum Gasteiger partial charge on any atom is -0.316 e. The number of rotatable bonds is 3. The van der Waals surface area contributed by atoms with Crippen LogP contribution in [0, 0.1) is 0 Å². The maximum Gasteiger partial charge on any atom is 0.322 e. The number of hydrogen-bond acceptors (Lipinski definition) is 4. The smallest absolute Gasteiger partial charge is 0.316 e. The van der Waals surface area contributed by atoms with Gasteiger partial charge in [0, 0.05) is 38.1 Å². The van der Waals surface area contributed by atoms with Crippen LogP contribution in [0.15, 0.2) is 42.9 Å². The van der Waals surface area contributed by atoms with Gasteiger partial charge in [-0.05, 0) is 49.6 Å². The van der Waals surface area contributed by atoms with Crippen molar-refractivity contribution in [1.82, 2.24) is 29.4 Å². The van der Waals surface area contributed by atoms with Crippen molar-refractivity contribution in [2.75, 3.05) is 11.9 Å². The number of urea groups is 1. The normalized spacial score (nSPS) is 17.1. The third-order valence-electron chi connectivity index (χ3n) is 4.96. The second-order valence-corrected chi connectivity index (χ2v) is 6.83. The summed E-state index contributed by atoms with van der Waals surface area (Å²) in [7, 11) is 3.76. The molecule has 2 amide bonds. The highest BCUT2D eigenvalue weighted by atomic mass is 16.2. The average Bonchev–Trinajstić information content (AvgIpc) is 3.30. The molecule has 1 saturated heterocycles. The molecule has 1 unspecified atom stereocenters. The Balaban J connectivity index is 1.48. The maximum absolute atomic E-state index is 12.9. The van der Waals surface area contributed by atoms with Crippen LogP contribution >= 0.6 is 0 Å². The first-order valence-corrected chi connectivity index (χ1v) is 9.13. The van der Waals surface area contributed by atoms with Crippen molar-refractivity contribution in [3.05, 3.63) is 48.5 Å². The number of amides is 2. The van der Waals surface area contributed by atoms with Gasteiger partial charge in [0.1, 0.15) is 6.33 Å². The van der Waals surface area contributed by atoms with Gasteiger partial charge in [-0.3, -0.25) is 9.36 Å². The maximum atomic E-state index is 12.9. The molecule has 140 valence electrons. The van der Waals surface area contributed by atoms with Gasteiger partial charge in [0.2, 0.25) is 0 Å². The molecular formula is C19H23N7O. The zero-order chi connectivity index (χ0) is 18.8. The number of aryl methyl sites for hydroxylation is 2. The number of benzene rings is 1. The van der Waals surface area contributed by atoms with Crippen LogP contribution < -0.4 is 5.32 Å². The van der Waals surface area contributed by atoms with E-state index in [2.05, 4.69) is 20.5 Å². The first kappa shape index (κ1) is 17.3.